The van der Waals surface area contributed by atoms with Gasteiger partial charge in [-0.1, -0.05) is 12.1 Å². The molecule has 7 nitrogen and oxygen atoms in total. The van der Waals surface area contributed by atoms with E-state index in [0.717, 1.165) is 12.1 Å². The van der Waals surface area contributed by atoms with Crippen molar-refractivity contribution in [2.24, 2.45) is 5.73 Å². The molecule has 0 fully saturated rings. The molecule has 0 heterocycles. The Balaban J connectivity index is 1.91. The Bertz CT molecular complexity index is 1240. The maximum Gasteiger partial charge on any atom is 0.412 e. The molecule has 0 saturated heterocycles. The first kappa shape index (κ1) is 24.5. The molecular formula is C25H25F2N3O4. The van der Waals surface area contributed by atoms with Gasteiger partial charge in [-0.05, 0) is 63.6 Å². The third kappa shape index (κ3) is 6.44. The first-order valence-electron chi connectivity index (χ1n) is 10.4. The molecule has 3 aromatic rings. The van der Waals surface area contributed by atoms with Crippen LogP contribution in [0.4, 0.5) is 30.6 Å². The summed E-state index contributed by atoms with van der Waals surface area (Å²) in [5.41, 5.74) is 5.70. The molecule has 178 valence electrons. The summed E-state index contributed by atoms with van der Waals surface area (Å²) >= 11 is 0. The molecule has 0 aliphatic rings. The van der Waals surface area contributed by atoms with E-state index in [0.29, 0.717) is 11.3 Å². The van der Waals surface area contributed by atoms with Gasteiger partial charge < -0.3 is 20.5 Å². The highest BCUT2D eigenvalue weighted by Gasteiger charge is 2.20. The van der Waals surface area contributed by atoms with Crippen molar-refractivity contribution in [3.05, 3.63) is 77.4 Å². The van der Waals surface area contributed by atoms with Gasteiger partial charge >= 0.3 is 6.09 Å². The van der Waals surface area contributed by atoms with Gasteiger partial charge in [-0.15, -0.1) is 0 Å². The Kier molecular flexibility index (Phi) is 7.05. The summed E-state index contributed by atoms with van der Waals surface area (Å²) in [6, 6.07) is 12.6. The average Bonchev–Trinajstić information content (AvgIpc) is 2.68. The fraction of sp³-hybridized carbons (Fsp3) is 0.200. The summed E-state index contributed by atoms with van der Waals surface area (Å²) in [6.45, 7) is 6.92. The number of rotatable bonds is 6. The predicted molar refractivity (Wildman–Crippen MR) is 126 cm³/mol. The molecule has 0 aliphatic heterocycles. The number of primary amides is 1. The van der Waals surface area contributed by atoms with Crippen LogP contribution in [-0.2, 0) is 4.74 Å². The van der Waals surface area contributed by atoms with Crippen LogP contribution in [0.3, 0.4) is 0 Å². The predicted octanol–water partition coefficient (Wildman–Crippen LogP) is 6.26. The van der Waals surface area contributed by atoms with Crippen molar-refractivity contribution in [3.63, 3.8) is 0 Å². The number of amides is 2. The third-order valence-corrected chi connectivity index (χ3v) is 4.41. The summed E-state index contributed by atoms with van der Waals surface area (Å²) in [6.07, 6.45) is -0.667. The first-order chi connectivity index (χ1) is 15.9. The minimum Gasteiger partial charge on any atom is -0.456 e. The van der Waals surface area contributed by atoms with E-state index in [1.807, 2.05) is 0 Å². The van der Waals surface area contributed by atoms with Gasteiger partial charge in [0.15, 0.2) is 0 Å². The lowest BCUT2D eigenvalue weighted by molar-refractivity contribution is 0.0635. The minimum atomic E-state index is -0.909. The average molecular weight is 469 g/mol. The number of hydrogen-bond acceptors (Lipinski definition) is 5. The monoisotopic (exact) mass is 469 g/mol. The van der Waals surface area contributed by atoms with E-state index in [9.17, 15) is 18.4 Å². The quantitative estimate of drug-likeness (QED) is 0.396. The van der Waals surface area contributed by atoms with E-state index in [1.165, 1.54) is 18.2 Å². The van der Waals surface area contributed by atoms with Crippen LogP contribution in [0.5, 0.6) is 11.5 Å². The highest BCUT2D eigenvalue weighted by molar-refractivity contribution is 6.02. The maximum absolute atomic E-state index is 14.4. The molecule has 0 bridgehead atoms. The second kappa shape index (κ2) is 9.78. The van der Waals surface area contributed by atoms with Crippen molar-refractivity contribution in [2.75, 3.05) is 10.6 Å². The third-order valence-electron chi connectivity index (χ3n) is 4.41. The number of anilines is 3. The molecule has 9 heteroatoms. The molecule has 3 aromatic carbocycles. The molecule has 0 radical (unpaired) electrons. The largest absolute Gasteiger partial charge is 0.456 e. The second-order valence-corrected chi connectivity index (χ2v) is 8.56. The SMILES string of the molecule is Cc1ccc(Nc2cc(F)cc(Oc3cccc(NC(=O)OC(C)(C)C)c3)c2C(N)=O)c(F)c1. The van der Waals surface area contributed by atoms with Crippen LogP contribution in [0.2, 0.25) is 0 Å². The fourth-order valence-electron chi connectivity index (χ4n) is 3.07. The molecular weight excluding hydrogens is 444 g/mol. The number of ether oxygens (including phenoxy) is 2. The summed E-state index contributed by atoms with van der Waals surface area (Å²) in [7, 11) is 0. The summed E-state index contributed by atoms with van der Waals surface area (Å²) in [5, 5.41) is 5.27. The molecule has 4 N–H and O–H groups in total. The molecule has 0 aliphatic carbocycles. The summed E-state index contributed by atoms with van der Waals surface area (Å²) in [4.78, 5) is 24.3. The van der Waals surface area contributed by atoms with Crippen molar-refractivity contribution in [2.45, 2.75) is 33.3 Å². The highest BCUT2D eigenvalue weighted by atomic mass is 19.1. The number of nitrogens with two attached hydrogens (primary N) is 1. The smallest absolute Gasteiger partial charge is 0.412 e. The van der Waals surface area contributed by atoms with Crippen LogP contribution in [0.15, 0.2) is 54.6 Å². The minimum absolute atomic E-state index is 0.0354. The van der Waals surface area contributed by atoms with E-state index in [2.05, 4.69) is 10.6 Å². The molecule has 0 spiro atoms. The van der Waals surface area contributed by atoms with Crippen LogP contribution < -0.4 is 21.1 Å². The van der Waals surface area contributed by atoms with Crippen molar-refractivity contribution in [1.82, 2.24) is 0 Å². The fourth-order valence-corrected chi connectivity index (χ4v) is 3.07. The topological polar surface area (TPSA) is 103 Å². The van der Waals surface area contributed by atoms with Crippen LogP contribution in [0, 0.1) is 18.6 Å². The zero-order valence-corrected chi connectivity index (χ0v) is 19.2. The van der Waals surface area contributed by atoms with Crippen molar-refractivity contribution < 1.29 is 27.8 Å². The van der Waals surface area contributed by atoms with Crippen LogP contribution >= 0.6 is 0 Å². The molecule has 3 rings (SSSR count). The van der Waals surface area contributed by atoms with Gasteiger partial charge in [-0.3, -0.25) is 10.1 Å². The van der Waals surface area contributed by atoms with Crippen LogP contribution in [0.25, 0.3) is 0 Å². The lowest BCUT2D eigenvalue weighted by atomic mass is 10.1. The Morgan fingerprint density at radius 2 is 1.71 bits per heavy atom. The van der Waals surface area contributed by atoms with Crippen molar-refractivity contribution in [3.8, 4) is 11.5 Å². The zero-order chi connectivity index (χ0) is 25.0. The van der Waals surface area contributed by atoms with Crippen molar-refractivity contribution in [1.29, 1.82) is 0 Å². The number of hydrogen-bond donors (Lipinski definition) is 3. The Hall–Kier alpha value is -4.14. The maximum atomic E-state index is 14.4. The molecule has 0 saturated carbocycles. The van der Waals surface area contributed by atoms with Gasteiger partial charge in [0.2, 0.25) is 0 Å². The van der Waals surface area contributed by atoms with E-state index >= 15 is 0 Å². The Labute approximate surface area is 195 Å². The zero-order valence-electron chi connectivity index (χ0n) is 19.2. The van der Waals surface area contributed by atoms with Crippen LogP contribution in [0.1, 0.15) is 36.7 Å². The van der Waals surface area contributed by atoms with Gasteiger partial charge in [0.05, 0.1) is 11.4 Å². The molecule has 34 heavy (non-hydrogen) atoms. The second-order valence-electron chi connectivity index (χ2n) is 8.56. The van der Waals surface area contributed by atoms with Gasteiger partial charge in [-0.25, -0.2) is 13.6 Å². The molecule has 0 atom stereocenters. The lowest BCUT2D eigenvalue weighted by Crippen LogP contribution is -2.27. The van der Waals surface area contributed by atoms with Gasteiger partial charge in [-0.2, -0.15) is 0 Å². The number of carbonyl (C=O) groups excluding carboxylic acids is 2. The highest BCUT2D eigenvalue weighted by Crippen LogP contribution is 2.34. The van der Waals surface area contributed by atoms with Gasteiger partial charge in [0, 0.05) is 17.8 Å². The normalized spacial score (nSPS) is 11.0. The van der Waals surface area contributed by atoms with Gasteiger partial charge in [0.25, 0.3) is 5.91 Å². The number of nitrogens with one attached hydrogen (secondary N) is 2. The summed E-state index contributed by atoms with van der Waals surface area (Å²) in [5.74, 6) is -2.22. The van der Waals surface area contributed by atoms with E-state index in [-0.39, 0.29) is 28.4 Å². The number of aryl methyl sites for hydroxylation is 1. The number of benzene rings is 3. The lowest BCUT2D eigenvalue weighted by Gasteiger charge is -2.20. The molecule has 2 amide bonds. The van der Waals surface area contributed by atoms with Crippen molar-refractivity contribution >= 4 is 29.1 Å². The Morgan fingerprint density at radius 1 is 0.971 bits per heavy atom. The molecule has 0 aromatic heterocycles. The molecule has 0 unspecified atom stereocenters. The van der Waals surface area contributed by atoms with E-state index in [1.54, 1.807) is 52.0 Å². The number of carbonyl (C=O) groups is 2. The van der Waals surface area contributed by atoms with E-state index in [4.69, 9.17) is 15.2 Å². The van der Waals surface area contributed by atoms with Gasteiger partial charge in [0.1, 0.15) is 34.3 Å². The standard InChI is InChI=1S/C25H25F2N3O4/c1-14-8-9-19(18(27)10-14)30-20-11-15(26)12-21(22(20)23(28)31)33-17-7-5-6-16(13-17)29-24(32)34-25(2,3)4/h5-13,30H,1-4H3,(H2,28,31)(H,29,32). The Morgan fingerprint density at radius 3 is 2.35 bits per heavy atom. The van der Waals surface area contributed by atoms with E-state index < -0.39 is 29.2 Å². The van der Waals surface area contributed by atoms with Crippen LogP contribution in [-0.4, -0.2) is 17.6 Å². The number of halogens is 2. The first-order valence-corrected chi connectivity index (χ1v) is 10.4. The summed E-state index contributed by atoms with van der Waals surface area (Å²) < 4.78 is 39.7.